The topological polar surface area (TPSA) is 43.4 Å². The Morgan fingerprint density at radius 1 is 1.32 bits per heavy atom. The van der Waals surface area contributed by atoms with Crippen LogP contribution < -0.4 is 0 Å². The minimum absolute atomic E-state index is 0.0771. The van der Waals surface area contributed by atoms with E-state index in [0.717, 1.165) is 19.3 Å². The number of hydrogen-bond acceptors (Lipinski definition) is 3. The maximum absolute atomic E-state index is 12.2. The molecule has 4 atom stereocenters. The fraction of sp³-hybridized carbons (Fsp3) is 0.867. The van der Waals surface area contributed by atoms with Crippen LogP contribution in [0.3, 0.4) is 0 Å². The van der Waals surface area contributed by atoms with Crippen LogP contribution in [0.25, 0.3) is 0 Å². The molecule has 0 amide bonds. The average molecular weight is 378 g/mol. The molecular formula is C15H23IO3. The molecule has 0 radical (unpaired) electrons. The van der Waals surface area contributed by atoms with Crippen LogP contribution >= 0.6 is 22.6 Å². The number of ketones is 1. The van der Waals surface area contributed by atoms with Gasteiger partial charge in [0.25, 0.3) is 0 Å². The van der Waals surface area contributed by atoms with E-state index in [1.54, 1.807) is 0 Å². The van der Waals surface area contributed by atoms with Crippen LogP contribution in [0.15, 0.2) is 0 Å². The zero-order chi connectivity index (χ0) is 14.4. The Bertz CT molecular complexity index is 396. The molecule has 2 saturated carbocycles. The van der Waals surface area contributed by atoms with Gasteiger partial charge < -0.3 is 4.74 Å². The highest BCUT2D eigenvalue weighted by atomic mass is 127. The molecule has 0 N–H and O–H groups in total. The molecule has 1 unspecified atom stereocenters. The van der Waals surface area contributed by atoms with E-state index in [-0.39, 0.29) is 22.6 Å². The van der Waals surface area contributed by atoms with Gasteiger partial charge in [0, 0.05) is 10.3 Å². The first kappa shape index (κ1) is 15.3. The Kier molecular flexibility index (Phi) is 4.02. The van der Waals surface area contributed by atoms with Crippen LogP contribution in [-0.4, -0.2) is 22.8 Å². The summed E-state index contributed by atoms with van der Waals surface area (Å²) in [6, 6.07) is 0. The molecule has 0 saturated heterocycles. The van der Waals surface area contributed by atoms with Crippen molar-refractivity contribution in [2.75, 3.05) is 7.11 Å². The molecule has 2 aliphatic rings. The van der Waals surface area contributed by atoms with Crippen LogP contribution in [0.1, 0.15) is 46.5 Å². The molecule has 19 heavy (non-hydrogen) atoms. The first-order valence-corrected chi connectivity index (χ1v) is 8.24. The van der Waals surface area contributed by atoms with E-state index in [4.69, 9.17) is 4.74 Å². The predicted molar refractivity (Wildman–Crippen MR) is 82.2 cm³/mol. The number of halogens is 1. The highest BCUT2D eigenvalue weighted by Gasteiger charge is 2.59. The number of alkyl halides is 1. The Morgan fingerprint density at radius 3 is 2.53 bits per heavy atom. The number of carbonyl (C=O) groups is 2. The molecule has 108 valence electrons. The van der Waals surface area contributed by atoms with Crippen molar-refractivity contribution in [1.82, 2.24) is 0 Å². The van der Waals surface area contributed by atoms with Gasteiger partial charge in [-0.2, -0.15) is 0 Å². The van der Waals surface area contributed by atoms with Crippen molar-refractivity contribution in [3.05, 3.63) is 0 Å². The molecule has 2 rings (SSSR count). The van der Waals surface area contributed by atoms with Gasteiger partial charge in [-0.1, -0.05) is 43.4 Å². The van der Waals surface area contributed by atoms with E-state index < -0.39 is 5.92 Å². The highest BCUT2D eigenvalue weighted by Crippen LogP contribution is 2.60. The minimum Gasteiger partial charge on any atom is -0.468 e. The number of carbonyl (C=O) groups excluding carboxylic acids is 2. The molecule has 0 aromatic rings. The van der Waals surface area contributed by atoms with E-state index in [0.29, 0.717) is 16.3 Å². The largest absolute Gasteiger partial charge is 0.468 e. The lowest BCUT2D eigenvalue weighted by Gasteiger charge is -2.57. The Labute approximate surface area is 129 Å². The zero-order valence-corrected chi connectivity index (χ0v) is 14.3. The fourth-order valence-electron chi connectivity index (χ4n) is 4.42. The SMILES string of the molecule is COC(=O)[C@H]1C(=O)CC[C@H]2C(C)(C)C(I)CC[C@]12C. The van der Waals surface area contributed by atoms with Gasteiger partial charge in [0.1, 0.15) is 11.7 Å². The average Bonchev–Trinajstić information content (AvgIpc) is 2.33. The van der Waals surface area contributed by atoms with Crippen molar-refractivity contribution in [2.45, 2.75) is 50.4 Å². The number of Topliss-reactive ketones (excluding diaryl/α,β-unsaturated/α-hetero) is 1. The van der Waals surface area contributed by atoms with Gasteiger partial charge in [-0.05, 0) is 36.0 Å². The Balaban J connectivity index is 2.42. The second-order valence-electron chi connectivity index (χ2n) is 6.85. The lowest BCUT2D eigenvalue weighted by atomic mass is 9.48. The summed E-state index contributed by atoms with van der Waals surface area (Å²) in [7, 11) is 1.39. The van der Waals surface area contributed by atoms with Gasteiger partial charge in [0.05, 0.1) is 7.11 Å². The summed E-state index contributed by atoms with van der Waals surface area (Å²) in [5, 5.41) is 0. The summed E-state index contributed by atoms with van der Waals surface area (Å²) in [4.78, 5) is 24.3. The second kappa shape index (κ2) is 5.01. The van der Waals surface area contributed by atoms with Crippen LogP contribution in [0.5, 0.6) is 0 Å². The number of fused-ring (bicyclic) bond motifs is 1. The number of esters is 1. The van der Waals surface area contributed by atoms with Crippen LogP contribution in [0.4, 0.5) is 0 Å². The number of rotatable bonds is 1. The smallest absolute Gasteiger partial charge is 0.316 e. The normalized spacial score (nSPS) is 41.5. The van der Waals surface area contributed by atoms with Crippen molar-refractivity contribution in [3.8, 4) is 0 Å². The number of methoxy groups -OCH3 is 1. The van der Waals surface area contributed by atoms with Gasteiger partial charge in [-0.25, -0.2) is 0 Å². The number of ether oxygens (including phenoxy) is 1. The monoisotopic (exact) mass is 378 g/mol. The summed E-state index contributed by atoms with van der Waals surface area (Å²) in [5.74, 6) is -0.398. The molecular weight excluding hydrogens is 355 g/mol. The number of hydrogen-bond donors (Lipinski definition) is 0. The highest BCUT2D eigenvalue weighted by molar-refractivity contribution is 14.1. The van der Waals surface area contributed by atoms with Gasteiger partial charge >= 0.3 is 5.97 Å². The third kappa shape index (κ3) is 2.24. The molecule has 0 aromatic carbocycles. The van der Waals surface area contributed by atoms with Crippen molar-refractivity contribution < 1.29 is 14.3 Å². The Hall–Kier alpha value is -0.130. The van der Waals surface area contributed by atoms with Crippen LogP contribution in [0, 0.1) is 22.7 Å². The molecule has 0 aliphatic heterocycles. The standard InChI is InChI=1S/C15H23IO3/c1-14(2)10-6-5-9(17)12(13(18)19-4)15(10,3)8-7-11(14)16/h10-12H,5-8H2,1-4H3/t10-,11?,12+,15-/m0/s1. The first-order chi connectivity index (χ1) is 8.75. The molecule has 2 fully saturated rings. The van der Waals surface area contributed by atoms with E-state index in [9.17, 15) is 9.59 Å². The van der Waals surface area contributed by atoms with Crippen molar-refractivity contribution in [3.63, 3.8) is 0 Å². The second-order valence-corrected chi connectivity index (χ2v) is 8.35. The van der Waals surface area contributed by atoms with E-state index in [2.05, 4.69) is 43.4 Å². The lowest BCUT2D eigenvalue weighted by molar-refractivity contribution is -0.166. The van der Waals surface area contributed by atoms with Gasteiger partial charge in [0.2, 0.25) is 0 Å². The summed E-state index contributed by atoms with van der Waals surface area (Å²) >= 11 is 2.53. The molecule has 3 nitrogen and oxygen atoms in total. The maximum Gasteiger partial charge on any atom is 0.316 e. The minimum atomic E-state index is -0.556. The van der Waals surface area contributed by atoms with Gasteiger partial charge in [0.15, 0.2) is 0 Å². The quantitative estimate of drug-likeness (QED) is 0.304. The van der Waals surface area contributed by atoms with E-state index >= 15 is 0 Å². The molecule has 2 aliphatic carbocycles. The summed E-state index contributed by atoms with van der Waals surface area (Å²) < 4.78 is 5.51. The maximum atomic E-state index is 12.2. The van der Waals surface area contributed by atoms with Gasteiger partial charge in [-0.3, -0.25) is 9.59 Å². The van der Waals surface area contributed by atoms with Crippen LogP contribution in [-0.2, 0) is 14.3 Å². The molecule has 4 heteroatoms. The lowest BCUT2D eigenvalue weighted by Crippen LogP contribution is -2.57. The third-order valence-corrected chi connectivity index (χ3v) is 7.76. The third-order valence-electron chi connectivity index (χ3n) is 5.54. The van der Waals surface area contributed by atoms with E-state index in [1.165, 1.54) is 7.11 Å². The Morgan fingerprint density at radius 2 is 1.95 bits per heavy atom. The van der Waals surface area contributed by atoms with Crippen LogP contribution in [0.2, 0.25) is 0 Å². The van der Waals surface area contributed by atoms with Crippen molar-refractivity contribution >= 4 is 34.3 Å². The fourth-order valence-corrected chi connectivity index (χ4v) is 5.16. The van der Waals surface area contributed by atoms with Gasteiger partial charge in [-0.15, -0.1) is 0 Å². The summed E-state index contributed by atoms with van der Waals surface area (Å²) in [6.07, 6.45) is 3.45. The van der Waals surface area contributed by atoms with Crippen molar-refractivity contribution in [1.29, 1.82) is 0 Å². The molecule has 0 spiro atoms. The van der Waals surface area contributed by atoms with Crippen molar-refractivity contribution in [2.24, 2.45) is 22.7 Å². The summed E-state index contributed by atoms with van der Waals surface area (Å²) in [5.41, 5.74) is -0.0614. The zero-order valence-electron chi connectivity index (χ0n) is 12.2. The van der Waals surface area contributed by atoms with E-state index in [1.807, 2.05) is 0 Å². The molecule has 0 aromatic heterocycles. The molecule has 0 bridgehead atoms. The predicted octanol–water partition coefficient (Wildman–Crippen LogP) is 3.38. The first-order valence-electron chi connectivity index (χ1n) is 6.99. The molecule has 0 heterocycles. The summed E-state index contributed by atoms with van der Waals surface area (Å²) in [6.45, 7) is 6.70.